The van der Waals surface area contributed by atoms with Gasteiger partial charge in [-0.05, 0) is 38.3 Å². The maximum absolute atomic E-state index is 14.3. The molecule has 2 aliphatic heterocycles. The van der Waals surface area contributed by atoms with Crippen LogP contribution in [-0.4, -0.2) is 56.6 Å². The summed E-state index contributed by atoms with van der Waals surface area (Å²) in [7, 11) is 0. The molecule has 3 heterocycles. The summed E-state index contributed by atoms with van der Waals surface area (Å²) in [5.74, 6) is -3.23. The molecule has 0 saturated carbocycles. The lowest BCUT2D eigenvalue weighted by atomic mass is 10.0. The Morgan fingerprint density at radius 2 is 2.03 bits per heavy atom. The number of hydrogen-bond acceptors (Lipinski definition) is 5. The molecule has 2 atom stereocenters. The van der Waals surface area contributed by atoms with E-state index in [1.165, 1.54) is 21.7 Å². The lowest BCUT2D eigenvalue weighted by molar-refractivity contribution is 0.0301. The van der Waals surface area contributed by atoms with Gasteiger partial charge < -0.3 is 19.5 Å². The Bertz CT molecular complexity index is 1210. The molecule has 2 amide bonds. The third-order valence-corrected chi connectivity index (χ3v) is 6.69. The van der Waals surface area contributed by atoms with Crippen LogP contribution >= 0.6 is 0 Å². The molecule has 2 aliphatic rings. The second kappa shape index (κ2) is 9.77. The van der Waals surface area contributed by atoms with Gasteiger partial charge in [0.1, 0.15) is 23.4 Å². The van der Waals surface area contributed by atoms with Gasteiger partial charge in [0, 0.05) is 37.0 Å². The van der Waals surface area contributed by atoms with Gasteiger partial charge in [0.05, 0.1) is 6.54 Å². The van der Waals surface area contributed by atoms with E-state index in [9.17, 15) is 28.3 Å². The topological polar surface area (TPSA) is 94.9 Å². The van der Waals surface area contributed by atoms with Crippen molar-refractivity contribution in [2.45, 2.75) is 58.9 Å². The highest BCUT2D eigenvalue weighted by Gasteiger charge is 2.40. The Morgan fingerprint density at radius 3 is 2.71 bits per heavy atom. The van der Waals surface area contributed by atoms with Crippen molar-refractivity contribution in [1.82, 2.24) is 19.7 Å². The number of rotatable bonds is 6. The van der Waals surface area contributed by atoms with Crippen LogP contribution in [0.25, 0.3) is 0 Å². The quantitative estimate of drug-likeness (QED) is 0.652. The largest absolute Gasteiger partial charge is 0.503 e. The monoisotopic (exact) mass is 488 g/mol. The number of aromatic hydroxyl groups is 1. The van der Waals surface area contributed by atoms with Crippen LogP contribution in [0.3, 0.4) is 0 Å². The van der Waals surface area contributed by atoms with Crippen molar-refractivity contribution in [3.05, 3.63) is 63.1 Å². The lowest BCUT2D eigenvalue weighted by Crippen LogP contribution is -2.62. The minimum absolute atomic E-state index is 0.0598. The molecule has 1 saturated heterocycles. The number of aromatic nitrogens is 1. The second-order valence-corrected chi connectivity index (χ2v) is 9.69. The number of nitrogens with one attached hydrogen (secondary N) is 1. The van der Waals surface area contributed by atoms with E-state index in [-0.39, 0.29) is 54.6 Å². The number of benzene rings is 1. The number of fused-ring (bicyclic) bond motifs is 2. The molecule has 1 aromatic heterocycles. The van der Waals surface area contributed by atoms with Gasteiger partial charge in [-0.1, -0.05) is 19.9 Å². The van der Waals surface area contributed by atoms with E-state index < -0.39 is 34.6 Å². The number of nitrogens with zero attached hydrogens (tertiary/aromatic N) is 3. The van der Waals surface area contributed by atoms with Crippen LogP contribution in [0, 0.1) is 17.6 Å². The minimum Gasteiger partial charge on any atom is -0.503 e. The summed E-state index contributed by atoms with van der Waals surface area (Å²) >= 11 is 0. The Balaban J connectivity index is 1.71. The molecule has 2 N–H and O–H groups in total. The van der Waals surface area contributed by atoms with E-state index in [1.54, 1.807) is 4.90 Å². The number of carbonyl (C=O) groups is 2. The van der Waals surface area contributed by atoms with Crippen LogP contribution in [0.5, 0.6) is 5.75 Å². The van der Waals surface area contributed by atoms with Crippen molar-refractivity contribution in [3.63, 3.8) is 0 Å². The average molecular weight is 489 g/mol. The van der Waals surface area contributed by atoms with Crippen molar-refractivity contribution >= 4 is 11.8 Å². The second-order valence-electron chi connectivity index (χ2n) is 9.69. The predicted molar refractivity (Wildman–Crippen MR) is 125 cm³/mol. The highest BCUT2D eigenvalue weighted by molar-refractivity contribution is 5.99. The summed E-state index contributed by atoms with van der Waals surface area (Å²) in [5, 5.41) is 14.0. The van der Waals surface area contributed by atoms with Crippen LogP contribution in [0.15, 0.2) is 29.2 Å². The maximum Gasteiger partial charge on any atom is 0.276 e. The molecule has 8 nitrogen and oxygen atoms in total. The highest BCUT2D eigenvalue weighted by Crippen LogP contribution is 2.27. The Morgan fingerprint density at radius 1 is 1.29 bits per heavy atom. The standard InChI is InChI=1S/C25H30F2N4O4/c1-14(2)7-9-29(11-16-4-5-17(26)10-19(16)27)24(34)18-12-30-13-20-28-8-6-15(3)31(20)25(35)21(30)23(33)22(18)32/h4-5,10,12,14-15,20,28,33H,6-9,11,13H2,1-3H3/t15-,20-/m0/s1. The summed E-state index contributed by atoms with van der Waals surface area (Å²) in [4.78, 5) is 42.6. The summed E-state index contributed by atoms with van der Waals surface area (Å²) in [5.41, 5.74) is -1.28. The molecule has 1 aromatic carbocycles. The zero-order valence-corrected chi connectivity index (χ0v) is 20.1. The summed E-state index contributed by atoms with van der Waals surface area (Å²) in [6, 6.07) is 3.06. The number of carbonyl (C=O) groups excluding carboxylic acids is 2. The number of halogens is 2. The smallest absolute Gasteiger partial charge is 0.276 e. The molecule has 0 unspecified atom stereocenters. The molecule has 0 aliphatic carbocycles. The molecule has 188 valence electrons. The molecule has 0 spiro atoms. The van der Waals surface area contributed by atoms with Gasteiger partial charge in [0.25, 0.3) is 11.8 Å². The first-order valence-electron chi connectivity index (χ1n) is 11.8. The SMILES string of the molecule is CC(C)CCN(Cc1ccc(F)cc1F)C(=O)c1cn2c(c(O)c1=O)C(=O)N1[C@@H](C)CCN[C@@H]1C2. The number of pyridine rings is 1. The van der Waals surface area contributed by atoms with Gasteiger partial charge in [-0.2, -0.15) is 0 Å². The fraction of sp³-hybridized carbons (Fsp3) is 0.480. The molecule has 1 fully saturated rings. The van der Waals surface area contributed by atoms with E-state index in [2.05, 4.69) is 5.32 Å². The lowest BCUT2D eigenvalue weighted by Gasteiger charge is -2.45. The molecule has 10 heteroatoms. The highest BCUT2D eigenvalue weighted by atomic mass is 19.1. The summed E-state index contributed by atoms with van der Waals surface area (Å²) in [6.07, 6.45) is 2.31. The van der Waals surface area contributed by atoms with Crippen molar-refractivity contribution in [1.29, 1.82) is 0 Å². The van der Waals surface area contributed by atoms with E-state index in [4.69, 9.17) is 0 Å². The van der Waals surface area contributed by atoms with Crippen molar-refractivity contribution in [2.75, 3.05) is 13.1 Å². The van der Waals surface area contributed by atoms with Crippen molar-refractivity contribution < 1.29 is 23.5 Å². The first-order chi connectivity index (χ1) is 16.6. The molecule has 2 aromatic rings. The van der Waals surface area contributed by atoms with Gasteiger partial charge >= 0.3 is 0 Å². The van der Waals surface area contributed by atoms with Gasteiger partial charge in [-0.3, -0.25) is 19.7 Å². The third kappa shape index (κ3) is 4.80. The van der Waals surface area contributed by atoms with Crippen LogP contribution in [-0.2, 0) is 13.1 Å². The van der Waals surface area contributed by atoms with Crippen molar-refractivity contribution in [2.24, 2.45) is 5.92 Å². The van der Waals surface area contributed by atoms with Gasteiger partial charge in [-0.15, -0.1) is 0 Å². The molecular formula is C25H30F2N4O4. The first kappa shape index (κ1) is 24.8. The third-order valence-electron chi connectivity index (χ3n) is 6.69. The fourth-order valence-corrected chi connectivity index (χ4v) is 4.67. The van der Waals surface area contributed by atoms with E-state index in [0.717, 1.165) is 25.1 Å². The Hall–Kier alpha value is -3.27. The van der Waals surface area contributed by atoms with Crippen molar-refractivity contribution in [3.8, 4) is 5.75 Å². The number of amides is 2. The van der Waals surface area contributed by atoms with E-state index >= 15 is 0 Å². The van der Waals surface area contributed by atoms with Gasteiger partial charge in [-0.25, -0.2) is 8.78 Å². The summed E-state index contributed by atoms with van der Waals surface area (Å²) in [6.45, 7) is 6.88. The van der Waals surface area contributed by atoms with Crippen LogP contribution in [0.4, 0.5) is 8.78 Å². The number of hydrogen-bond donors (Lipinski definition) is 2. The molecule has 0 radical (unpaired) electrons. The van der Waals surface area contributed by atoms with E-state index in [1.807, 2.05) is 20.8 Å². The first-order valence-corrected chi connectivity index (χ1v) is 11.8. The summed E-state index contributed by atoms with van der Waals surface area (Å²) < 4.78 is 29.2. The molecule has 0 bridgehead atoms. The Labute approximate surface area is 202 Å². The fourth-order valence-electron chi connectivity index (χ4n) is 4.67. The molecule has 4 rings (SSSR count). The minimum atomic E-state index is -0.945. The van der Waals surface area contributed by atoms with Crippen LogP contribution < -0.4 is 10.7 Å². The predicted octanol–water partition coefficient (Wildman–Crippen LogP) is 2.68. The molecule has 35 heavy (non-hydrogen) atoms. The normalized spacial score (nSPS) is 19.5. The van der Waals surface area contributed by atoms with Crippen LogP contribution in [0.1, 0.15) is 60.0 Å². The molecular weight excluding hydrogens is 458 g/mol. The Kier molecular flexibility index (Phi) is 6.93. The average Bonchev–Trinajstić information content (AvgIpc) is 2.79. The zero-order chi connectivity index (χ0) is 25.4. The van der Waals surface area contributed by atoms with E-state index in [0.29, 0.717) is 6.42 Å². The van der Waals surface area contributed by atoms with Gasteiger partial charge in [0.15, 0.2) is 11.4 Å². The zero-order valence-electron chi connectivity index (χ0n) is 20.1. The maximum atomic E-state index is 14.3. The van der Waals surface area contributed by atoms with Gasteiger partial charge in [0.2, 0.25) is 5.43 Å². The van der Waals surface area contributed by atoms with Crippen LogP contribution in [0.2, 0.25) is 0 Å².